The van der Waals surface area contributed by atoms with Crippen LogP contribution in [0.1, 0.15) is 52.9 Å². The largest absolute Gasteiger partial charge is 0.393 e. The molecule has 3 aliphatic carbocycles. The van der Waals surface area contributed by atoms with Crippen molar-refractivity contribution in [2.75, 3.05) is 0 Å². The second kappa shape index (κ2) is 3.13. The maximum Gasteiger partial charge on any atom is 0.0574 e. The first-order valence-electron chi connectivity index (χ1n) is 6.83. The van der Waals surface area contributed by atoms with Crippen LogP contribution in [-0.2, 0) is 0 Å². The van der Waals surface area contributed by atoms with Crippen molar-refractivity contribution in [3.05, 3.63) is 11.6 Å². The predicted molar refractivity (Wildman–Crippen MR) is 66.0 cm³/mol. The molecule has 1 heteroatoms. The van der Waals surface area contributed by atoms with E-state index in [1.54, 1.807) is 5.57 Å². The molecular weight excluding hydrogens is 196 g/mol. The number of aliphatic hydroxyl groups is 1. The van der Waals surface area contributed by atoms with E-state index in [1.165, 1.54) is 25.7 Å². The molecule has 0 unspecified atom stereocenters. The van der Waals surface area contributed by atoms with E-state index in [-0.39, 0.29) is 6.10 Å². The van der Waals surface area contributed by atoms with Crippen LogP contribution in [0.4, 0.5) is 0 Å². The van der Waals surface area contributed by atoms with Gasteiger partial charge in [-0.3, -0.25) is 0 Å². The van der Waals surface area contributed by atoms with Gasteiger partial charge in [-0.15, -0.1) is 0 Å². The molecule has 0 aromatic rings. The minimum atomic E-state index is -0.0267. The molecule has 1 nitrogen and oxygen atoms in total. The normalized spacial score (nSPS) is 55.8. The van der Waals surface area contributed by atoms with Crippen molar-refractivity contribution < 1.29 is 5.11 Å². The van der Waals surface area contributed by atoms with Crippen LogP contribution in [0.3, 0.4) is 0 Å². The Morgan fingerprint density at radius 1 is 1.25 bits per heavy atom. The fourth-order valence-electron chi connectivity index (χ4n) is 4.95. The second-order valence-electron chi connectivity index (χ2n) is 6.90. The number of rotatable bonds is 0. The van der Waals surface area contributed by atoms with Gasteiger partial charge in [-0.2, -0.15) is 0 Å². The number of fused-ring (bicyclic) bond motifs is 3. The molecule has 0 aliphatic heterocycles. The molecule has 2 saturated carbocycles. The monoisotopic (exact) mass is 220 g/mol. The summed E-state index contributed by atoms with van der Waals surface area (Å²) in [4.78, 5) is 0. The van der Waals surface area contributed by atoms with Crippen molar-refractivity contribution in [2.45, 2.75) is 59.0 Å². The van der Waals surface area contributed by atoms with E-state index in [4.69, 9.17) is 0 Å². The highest BCUT2D eigenvalue weighted by Crippen LogP contribution is 2.69. The molecular formula is C15H24O. The van der Waals surface area contributed by atoms with E-state index in [9.17, 15) is 5.11 Å². The zero-order valence-electron chi connectivity index (χ0n) is 10.8. The van der Waals surface area contributed by atoms with E-state index in [2.05, 4.69) is 26.8 Å². The van der Waals surface area contributed by atoms with Crippen molar-refractivity contribution in [3.63, 3.8) is 0 Å². The molecule has 1 N–H and O–H groups in total. The Morgan fingerprint density at radius 2 is 2.00 bits per heavy atom. The Kier molecular flexibility index (Phi) is 2.12. The molecule has 3 aliphatic rings. The zero-order chi connectivity index (χ0) is 11.6. The fraction of sp³-hybridized carbons (Fsp3) is 0.867. The van der Waals surface area contributed by atoms with Crippen LogP contribution in [0.5, 0.6) is 0 Å². The molecule has 5 atom stereocenters. The molecule has 0 amide bonds. The third-order valence-electron chi connectivity index (χ3n) is 6.40. The lowest BCUT2D eigenvalue weighted by Crippen LogP contribution is -2.39. The van der Waals surface area contributed by atoms with Crippen molar-refractivity contribution in [3.8, 4) is 0 Å². The zero-order valence-corrected chi connectivity index (χ0v) is 10.8. The van der Waals surface area contributed by atoms with Gasteiger partial charge in [0.25, 0.3) is 0 Å². The molecule has 0 spiro atoms. The smallest absolute Gasteiger partial charge is 0.0574 e. The van der Waals surface area contributed by atoms with Gasteiger partial charge in [0.2, 0.25) is 0 Å². The standard InChI is InChI=1S/C15H24O/c1-10-4-6-14(2)11(8-10)9-12-13(16)5-7-15(12,14)3/h8,11-13,16H,4-7,9H2,1-3H3/t11-,12+,13+,14-,15-/m0/s1. The van der Waals surface area contributed by atoms with Gasteiger partial charge < -0.3 is 5.11 Å². The Morgan fingerprint density at radius 3 is 2.75 bits per heavy atom. The SMILES string of the molecule is CC1=C[C@H]2C[C@@H]3[C@H](O)CC[C@]3(C)[C@@]2(C)CC1. The summed E-state index contributed by atoms with van der Waals surface area (Å²) in [7, 11) is 0. The van der Waals surface area contributed by atoms with Gasteiger partial charge in [0.1, 0.15) is 0 Å². The second-order valence-corrected chi connectivity index (χ2v) is 6.90. The predicted octanol–water partition coefficient (Wildman–Crippen LogP) is 3.53. The average Bonchev–Trinajstić information content (AvgIpc) is 2.63. The van der Waals surface area contributed by atoms with Gasteiger partial charge in [0, 0.05) is 0 Å². The van der Waals surface area contributed by atoms with Gasteiger partial charge in [0.15, 0.2) is 0 Å². The van der Waals surface area contributed by atoms with Crippen LogP contribution < -0.4 is 0 Å². The molecule has 0 aromatic carbocycles. The van der Waals surface area contributed by atoms with Gasteiger partial charge in [-0.05, 0) is 61.7 Å². The fourth-order valence-corrected chi connectivity index (χ4v) is 4.95. The first-order valence-corrected chi connectivity index (χ1v) is 6.83. The van der Waals surface area contributed by atoms with Gasteiger partial charge in [-0.1, -0.05) is 25.5 Å². The summed E-state index contributed by atoms with van der Waals surface area (Å²) >= 11 is 0. The molecule has 3 rings (SSSR count). The Balaban J connectivity index is 2.02. The summed E-state index contributed by atoms with van der Waals surface area (Å²) in [6.45, 7) is 7.20. The molecule has 0 radical (unpaired) electrons. The molecule has 0 aromatic heterocycles. The maximum absolute atomic E-state index is 10.2. The summed E-state index contributed by atoms with van der Waals surface area (Å²) in [5.41, 5.74) is 2.42. The summed E-state index contributed by atoms with van der Waals surface area (Å²) in [6.07, 6.45) is 8.59. The summed E-state index contributed by atoms with van der Waals surface area (Å²) < 4.78 is 0. The molecule has 0 bridgehead atoms. The Hall–Kier alpha value is -0.300. The lowest BCUT2D eigenvalue weighted by Gasteiger charge is -2.46. The lowest BCUT2D eigenvalue weighted by molar-refractivity contribution is 0.0329. The highest BCUT2D eigenvalue weighted by Gasteiger charge is 2.63. The first-order chi connectivity index (χ1) is 7.47. The summed E-state index contributed by atoms with van der Waals surface area (Å²) in [5, 5.41) is 10.2. The van der Waals surface area contributed by atoms with E-state index in [0.717, 1.165) is 12.3 Å². The topological polar surface area (TPSA) is 20.2 Å². The minimum absolute atomic E-state index is 0.0267. The highest BCUT2D eigenvalue weighted by molar-refractivity contribution is 5.21. The van der Waals surface area contributed by atoms with Gasteiger partial charge in [0.05, 0.1) is 6.10 Å². The van der Waals surface area contributed by atoms with Crippen LogP contribution in [0.15, 0.2) is 11.6 Å². The third kappa shape index (κ3) is 1.11. The molecule has 16 heavy (non-hydrogen) atoms. The van der Waals surface area contributed by atoms with Crippen LogP contribution in [0.2, 0.25) is 0 Å². The van der Waals surface area contributed by atoms with Gasteiger partial charge in [-0.25, -0.2) is 0 Å². The Labute approximate surface area is 98.9 Å². The van der Waals surface area contributed by atoms with E-state index < -0.39 is 0 Å². The van der Waals surface area contributed by atoms with Crippen molar-refractivity contribution in [1.82, 2.24) is 0 Å². The van der Waals surface area contributed by atoms with Crippen LogP contribution in [0.25, 0.3) is 0 Å². The number of hydrogen-bond donors (Lipinski definition) is 1. The molecule has 2 fully saturated rings. The minimum Gasteiger partial charge on any atom is -0.393 e. The van der Waals surface area contributed by atoms with Crippen molar-refractivity contribution >= 4 is 0 Å². The number of aliphatic hydroxyl groups excluding tert-OH is 1. The highest BCUT2D eigenvalue weighted by atomic mass is 16.3. The Bertz CT molecular complexity index is 345. The number of allylic oxidation sites excluding steroid dienone is 2. The van der Waals surface area contributed by atoms with Crippen molar-refractivity contribution in [1.29, 1.82) is 0 Å². The van der Waals surface area contributed by atoms with Crippen LogP contribution >= 0.6 is 0 Å². The van der Waals surface area contributed by atoms with E-state index in [1.807, 2.05) is 0 Å². The maximum atomic E-state index is 10.2. The molecule has 0 saturated heterocycles. The van der Waals surface area contributed by atoms with Crippen LogP contribution in [0, 0.1) is 22.7 Å². The first kappa shape index (κ1) is 10.8. The van der Waals surface area contributed by atoms with E-state index >= 15 is 0 Å². The lowest BCUT2D eigenvalue weighted by atomic mass is 9.58. The van der Waals surface area contributed by atoms with Crippen LogP contribution in [-0.4, -0.2) is 11.2 Å². The average molecular weight is 220 g/mol. The molecule has 90 valence electrons. The number of hydrogen-bond acceptors (Lipinski definition) is 1. The van der Waals surface area contributed by atoms with Gasteiger partial charge >= 0.3 is 0 Å². The molecule has 0 heterocycles. The summed E-state index contributed by atoms with van der Waals surface area (Å²) in [6, 6.07) is 0. The third-order valence-corrected chi connectivity index (χ3v) is 6.40. The van der Waals surface area contributed by atoms with Crippen molar-refractivity contribution in [2.24, 2.45) is 22.7 Å². The summed E-state index contributed by atoms with van der Waals surface area (Å²) in [5.74, 6) is 1.29. The quantitative estimate of drug-likeness (QED) is 0.619. The van der Waals surface area contributed by atoms with E-state index in [0.29, 0.717) is 16.7 Å².